The summed E-state index contributed by atoms with van der Waals surface area (Å²) in [6.07, 6.45) is 8.23. The van der Waals surface area contributed by atoms with Crippen molar-refractivity contribution in [2.24, 2.45) is 0 Å². The molecule has 2 aromatic heterocycles. The molecule has 0 aliphatic carbocycles. The molecule has 194 valence electrons. The number of benzene rings is 1. The SMILES string of the molecule is C=CCOCCCC1CNC(=O)c2c1[nH]c(-c1ccncc1OCC=C)c2Nc1cccc(F)c1OC. The number of ether oxygens (including phenoxy) is 3. The first-order chi connectivity index (χ1) is 18.1. The lowest BCUT2D eigenvalue weighted by Crippen LogP contribution is -2.35. The van der Waals surface area contributed by atoms with E-state index >= 15 is 0 Å². The normalized spacial score (nSPS) is 14.4. The average molecular weight is 507 g/mol. The number of H-pyrrole nitrogens is 1. The number of aromatic amines is 1. The van der Waals surface area contributed by atoms with E-state index in [1.165, 1.54) is 13.2 Å². The summed E-state index contributed by atoms with van der Waals surface area (Å²) in [4.78, 5) is 20.9. The number of nitrogens with zero attached hydrogens (tertiary/aromatic N) is 1. The highest BCUT2D eigenvalue weighted by Gasteiger charge is 2.33. The Balaban J connectivity index is 1.81. The molecule has 1 aliphatic rings. The number of para-hydroxylation sites is 1. The summed E-state index contributed by atoms with van der Waals surface area (Å²) in [5, 5.41) is 6.27. The van der Waals surface area contributed by atoms with Crippen LogP contribution in [0, 0.1) is 5.82 Å². The molecule has 1 aromatic carbocycles. The molecule has 0 saturated heterocycles. The molecule has 3 aromatic rings. The van der Waals surface area contributed by atoms with Gasteiger partial charge in [0, 0.05) is 36.5 Å². The van der Waals surface area contributed by atoms with Crippen molar-refractivity contribution in [2.45, 2.75) is 18.8 Å². The van der Waals surface area contributed by atoms with Gasteiger partial charge < -0.3 is 29.8 Å². The minimum absolute atomic E-state index is 0.0307. The van der Waals surface area contributed by atoms with Gasteiger partial charge in [0.2, 0.25) is 0 Å². The van der Waals surface area contributed by atoms with Crippen molar-refractivity contribution in [3.8, 4) is 22.8 Å². The Hall–Kier alpha value is -4.11. The summed E-state index contributed by atoms with van der Waals surface area (Å²) in [6.45, 7) is 9.25. The second kappa shape index (κ2) is 12.2. The number of aromatic nitrogens is 2. The van der Waals surface area contributed by atoms with Crippen molar-refractivity contribution in [2.75, 3.05) is 38.8 Å². The fraction of sp³-hybridized carbons (Fsp3) is 0.286. The van der Waals surface area contributed by atoms with Crippen molar-refractivity contribution in [3.63, 3.8) is 0 Å². The van der Waals surface area contributed by atoms with Crippen molar-refractivity contribution >= 4 is 17.3 Å². The molecule has 1 atom stereocenters. The topological polar surface area (TPSA) is 97.5 Å². The van der Waals surface area contributed by atoms with Gasteiger partial charge in [0.05, 0.1) is 42.5 Å². The summed E-state index contributed by atoms with van der Waals surface area (Å²) in [7, 11) is 1.40. The Morgan fingerprint density at radius 1 is 1.24 bits per heavy atom. The Kier molecular flexibility index (Phi) is 8.58. The molecular weight excluding hydrogens is 475 g/mol. The number of methoxy groups -OCH3 is 1. The average Bonchev–Trinajstić information content (AvgIpc) is 3.28. The maximum atomic E-state index is 14.5. The number of anilines is 2. The first-order valence-electron chi connectivity index (χ1n) is 12.1. The second-order valence-corrected chi connectivity index (χ2v) is 8.49. The van der Waals surface area contributed by atoms with Crippen LogP contribution in [-0.4, -0.2) is 49.4 Å². The van der Waals surface area contributed by atoms with Crippen molar-refractivity contribution in [1.29, 1.82) is 0 Å². The van der Waals surface area contributed by atoms with Crippen LogP contribution in [0.15, 0.2) is 62.0 Å². The van der Waals surface area contributed by atoms with Crippen LogP contribution >= 0.6 is 0 Å². The van der Waals surface area contributed by atoms with E-state index in [1.54, 1.807) is 42.7 Å². The van der Waals surface area contributed by atoms with E-state index in [1.807, 2.05) is 0 Å². The van der Waals surface area contributed by atoms with Crippen LogP contribution in [-0.2, 0) is 4.74 Å². The molecule has 37 heavy (non-hydrogen) atoms. The molecule has 8 nitrogen and oxygen atoms in total. The van der Waals surface area contributed by atoms with Crippen LogP contribution in [0.3, 0.4) is 0 Å². The first-order valence-corrected chi connectivity index (χ1v) is 12.1. The Morgan fingerprint density at radius 3 is 2.86 bits per heavy atom. The molecule has 1 unspecified atom stereocenters. The summed E-state index contributed by atoms with van der Waals surface area (Å²) >= 11 is 0. The number of nitrogens with one attached hydrogen (secondary N) is 3. The van der Waals surface area contributed by atoms with E-state index in [4.69, 9.17) is 14.2 Å². The molecule has 0 radical (unpaired) electrons. The summed E-state index contributed by atoms with van der Waals surface area (Å²) in [6, 6.07) is 6.40. The second-order valence-electron chi connectivity index (χ2n) is 8.49. The maximum Gasteiger partial charge on any atom is 0.255 e. The van der Waals surface area contributed by atoms with Crippen LogP contribution in [0.4, 0.5) is 15.8 Å². The number of carbonyl (C=O) groups excluding carboxylic acids is 1. The van der Waals surface area contributed by atoms with E-state index in [2.05, 4.69) is 33.8 Å². The van der Waals surface area contributed by atoms with E-state index in [0.29, 0.717) is 53.7 Å². The minimum atomic E-state index is -0.515. The zero-order valence-corrected chi connectivity index (χ0v) is 20.8. The zero-order valence-electron chi connectivity index (χ0n) is 20.8. The third-order valence-electron chi connectivity index (χ3n) is 6.09. The van der Waals surface area contributed by atoms with Crippen LogP contribution in [0.5, 0.6) is 11.5 Å². The lowest BCUT2D eigenvalue weighted by atomic mass is 9.92. The quantitative estimate of drug-likeness (QED) is 0.214. The number of rotatable bonds is 13. The Labute approximate surface area is 215 Å². The predicted molar refractivity (Wildman–Crippen MR) is 141 cm³/mol. The first kappa shape index (κ1) is 26.0. The van der Waals surface area contributed by atoms with Gasteiger partial charge in [-0.05, 0) is 31.0 Å². The number of pyridine rings is 1. The molecule has 0 spiro atoms. The van der Waals surface area contributed by atoms with Crippen LogP contribution in [0.25, 0.3) is 11.3 Å². The van der Waals surface area contributed by atoms with E-state index < -0.39 is 5.82 Å². The number of hydrogen-bond donors (Lipinski definition) is 3. The third kappa shape index (κ3) is 5.67. The third-order valence-corrected chi connectivity index (χ3v) is 6.09. The molecular formula is C28H31FN4O4. The van der Waals surface area contributed by atoms with E-state index in [-0.39, 0.29) is 24.2 Å². The van der Waals surface area contributed by atoms with Crippen LogP contribution in [0.1, 0.15) is 34.8 Å². The minimum Gasteiger partial charge on any atom is -0.492 e. The Morgan fingerprint density at radius 2 is 2.08 bits per heavy atom. The number of halogens is 1. The zero-order chi connectivity index (χ0) is 26.2. The summed E-state index contributed by atoms with van der Waals surface area (Å²) < 4.78 is 31.2. The molecule has 3 N–H and O–H groups in total. The van der Waals surface area contributed by atoms with Gasteiger partial charge in [0.15, 0.2) is 11.6 Å². The van der Waals surface area contributed by atoms with E-state index in [0.717, 1.165) is 18.5 Å². The predicted octanol–water partition coefficient (Wildman–Crippen LogP) is 5.34. The lowest BCUT2D eigenvalue weighted by molar-refractivity contribution is 0.0938. The molecule has 0 bridgehead atoms. The highest BCUT2D eigenvalue weighted by molar-refractivity contribution is 6.07. The molecule has 9 heteroatoms. The molecule has 0 fully saturated rings. The van der Waals surface area contributed by atoms with Crippen LogP contribution in [0.2, 0.25) is 0 Å². The van der Waals surface area contributed by atoms with Gasteiger partial charge in [0.25, 0.3) is 5.91 Å². The largest absolute Gasteiger partial charge is 0.492 e. The standard InChI is InChI=1S/C28H31FN4O4/c1-4-13-36-15-7-8-18-16-31-28(34)23-24(18)33-25(19-11-12-30-17-22(19)37-14-5-2)26(23)32-21-10-6-9-20(29)27(21)35-3/h4-6,9-12,17-18,32-33H,1-2,7-8,13-16H2,3H3,(H,31,34). The lowest BCUT2D eigenvalue weighted by Gasteiger charge is -2.24. The highest BCUT2D eigenvalue weighted by atomic mass is 19.1. The van der Waals surface area contributed by atoms with Crippen molar-refractivity contribution < 1.29 is 23.4 Å². The van der Waals surface area contributed by atoms with Gasteiger partial charge in [-0.25, -0.2) is 4.39 Å². The molecule has 0 saturated carbocycles. The number of amides is 1. The van der Waals surface area contributed by atoms with Gasteiger partial charge in [-0.15, -0.1) is 6.58 Å². The van der Waals surface area contributed by atoms with Gasteiger partial charge in [-0.1, -0.05) is 24.8 Å². The van der Waals surface area contributed by atoms with Crippen LogP contribution < -0.4 is 20.1 Å². The number of hydrogen-bond acceptors (Lipinski definition) is 6. The van der Waals surface area contributed by atoms with Gasteiger partial charge in [0.1, 0.15) is 12.4 Å². The smallest absolute Gasteiger partial charge is 0.255 e. The van der Waals surface area contributed by atoms with Crippen molar-refractivity contribution in [1.82, 2.24) is 15.3 Å². The van der Waals surface area contributed by atoms with Gasteiger partial charge >= 0.3 is 0 Å². The molecule has 4 rings (SSSR count). The van der Waals surface area contributed by atoms with E-state index in [9.17, 15) is 9.18 Å². The molecule has 1 aliphatic heterocycles. The Bertz CT molecular complexity index is 1270. The fourth-order valence-electron chi connectivity index (χ4n) is 4.44. The maximum absolute atomic E-state index is 14.5. The highest BCUT2D eigenvalue weighted by Crippen LogP contribution is 2.44. The molecule has 3 heterocycles. The summed E-state index contributed by atoms with van der Waals surface area (Å²) in [5.41, 5.74) is 3.48. The molecule has 1 amide bonds. The number of fused-ring (bicyclic) bond motifs is 1. The number of carbonyl (C=O) groups is 1. The van der Waals surface area contributed by atoms with Crippen molar-refractivity contribution in [3.05, 3.63) is 79.0 Å². The fourth-order valence-corrected chi connectivity index (χ4v) is 4.44. The van der Waals surface area contributed by atoms with Gasteiger partial charge in [-0.2, -0.15) is 0 Å². The van der Waals surface area contributed by atoms with Gasteiger partial charge in [-0.3, -0.25) is 9.78 Å². The monoisotopic (exact) mass is 506 g/mol. The summed E-state index contributed by atoms with van der Waals surface area (Å²) in [5.74, 6) is -0.141.